The first-order valence-corrected chi connectivity index (χ1v) is 22.8. The Morgan fingerprint density at radius 2 is 1.58 bits per heavy atom. The number of nitriles is 1. The minimum atomic E-state index is -1.82. The molecule has 0 bridgehead atoms. The number of aliphatic imine (C=N–C) groups is 1. The molecule has 0 aliphatic carbocycles. The number of carbonyl (C=O) groups excluding carboxylic acids is 2. The number of hydrogen-bond acceptors (Lipinski definition) is 14. The maximum atomic E-state index is 13.5. The van der Waals surface area contributed by atoms with E-state index in [4.69, 9.17) is 32.7 Å². The maximum absolute atomic E-state index is 13.5. The fraction of sp³-hybridized carbons (Fsp3) is 0.489. The highest BCUT2D eigenvalue weighted by atomic mass is 31.2. The van der Waals surface area contributed by atoms with E-state index < -0.39 is 57.2 Å². The van der Waals surface area contributed by atoms with Crippen LogP contribution in [-0.4, -0.2) is 117 Å². The molecule has 2 amide bonds. The molecule has 0 aromatic heterocycles. The molecule has 8 atom stereocenters. The van der Waals surface area contributed by atoms with Crippen LogP contribution in [0.25, 0.3) is 0 Å². The van der Waals surface area contributed by atoms with Crippen molar-refractivity contribution < 1.29 is 42.3 Å². The first kappa shape index (κ1) is 48.5. The van der Waals surface area contributed by atoms with Gasteiger partial charge < -0.3 is 48.3 Å². The summed E-state index contributed by atoms with van der Waals surface area (Å²) in [6, 6.07) is 26.8. The van der Waals surface area contributed by atoms with Gasteiger partial charge in [0.2, 0.25) is 5.91 Å². The Hall–Kier alpha value is -4.95. The molecule has 3 aliphatic rings. The van der Waals surface area contributed by atoms with Gasteiger partial charge in [0.1, 0.15) is 41.6 Å². The van der Waals surface area contributed by atoms with Gasteiger partial charge in [-0.05, 0) is 68.7 Å². The average Bonchev–Trinajstić information content (AvgIpc) is 3.87. The van der Waals surface area contributed by atoms with E-state index in [9.17, 15) is 14.9 Å². The van der Waals surface area contributed by atoms with E-state index in [-0.39, 0.29) is 56.1 Å². The number of fused-ring (bicyclic) bond motifs is 1. The maximum Gasteiger partial charge on any atom is 0.259 e. The van der Waals surface area contributed by atoms with Gasteiger partial charge >= 0.3 is 0 Å². The molecular formula is C47H62N7O9P. The van der Waals surface area contributed by atoms with E-state index in [0.717, 1.165) is 16.7 Å². The smallest absolute Gasteiger partial charge is 0.259 e. The molecule has 4 unspecified atom stereocenters. The number of carbonyl (C=O) groups is 2. The Bertz CT molecular complexity index is 2010. The molecule has 64 heavy (non-hydrogen) atoms. The zero-order chi connectivity index (χ0) is 46.0. The van der Waals surface area contributed by atoms with Crippen LogP contribution in [0, 0.1) is 17.2 Å². The Kier molecular flexibility index (Phi) is 16.9. The molecule has 3 aromatic rings. The molecule has 3 heterocycles. The predicted octanol–water partition coefficient (Wildman–Crippen LogP) is 5.78. The molecule has 344 valence electrons. The fourth-order valence-corrected chi connectivity index (χ4v) is 9.92. The molecule has 17 heteroatoms. The summed E-state index contributed by atoms with van der Waals surface area (Å²) in [7, 11) is 1.43. The number of benzene rings is 3. The lowest BCUT2D eigenvalue weighted by Crippen LogP contribution is -2.72. The van der Waals surface area contributed by atoms with Gasteiger partial charge in [0.15, 0.2) is 18.6 Å². The van der Waals surface area contributed by atoms with Crippen LogP contribution < -0.4 is 25.4 Å². The number of nitrogens with one attached hydrogen (secondary N) is 3. The van der Waals surface area contributed by atoms with Crippen molar-refractivity contribution in [3.63, 3.8) is 0 Å². The van der Waals surface area contributed by atoms with E-state index in [1.165, 1.54) is 0 Å². The van der Waals surface area contributed by atoms with E-state index in [0.29, 0.717) is 11.5 Å². The molecule has 3 aliphatic heterocycles. The van der Waals surface area contributed by atoms with Crippen molar-refractivity contribution >= 4 is 26.7 Å². The van der Waals surface area contributed by atoms with Crippen molar-refractivity contribution in [1.82, 2.24) is 25.5 Å². The molecule has 3 aromatic carbocycles. The van der Waals surface area contributed by atoms with Crippen molar-refractivity contribution in [2.75, 3.05) is 34.0 Å². The molecule has 0 spiro atoms. The summed E-state index contributed by atoms with van der Waals surface area (Å²) in [5, 5.41) is 18.6. The van der Waals surface area contributed by atoms with Gasteiger partial charge in [-0.3, -0.25) is 19.9 Å². The number of ether oxygens (including phenoxy) is 5. The molecule has 0 radical (unpaired) electrons. The van der Waals surface area contributed by atoms with Gasteiger partial charge in [-0.25, -0.2) is 4.67 Å². The highest BCUT2D eigenvalue weighted by Crippen LogP contribution is 2.51. The largest absolute Gasteiger partial charge is 0.497 e. The Morgan fingerprint density at radius 1 is 0.969 bits per heavy atom. The third-order valence-electron chi connectivity index (χ3n) is 11.2. The highest BCUT2D eigenvalue weighted by Gasteiger charge is 2.56. The third kappa shape index (κ3) is 10.8. The normalized spacial score (nSPS) is 23.6. The minimum Gasteiger partial charge on any atom is -0.497 e. The van der Waals surface area contributed by atoms with Gasteiger partial charge in [0, 0.05) is 18.0 Å². The number of amides is 2. The molecule has 16 nitrogen and oxygen atoms in total. The van der Waals surface area contributed by atoms with Gasteiger partial charge in [0.25, 0.3) is 14.4 Å². The van der Waals surface area contributed by atoms with E-state index >= 15 is 0 Å². The lowest BCUT2D eigenvalue weighted by atomic mass is 9.80. The van der Waals surface area contributed by atoms with E-state index in [1.54, 1.807) is 45.4 Å². The lowest BCUT2D eigenvalue weighted by molar-refractivity contribution is -0.136. The van der Waals surface area contributed by atoms with Crippen molar-refractivity contribution in [2.45, 2.75) is 109 Å². The summed E-state index contributed by atoms with van der Waals surface area (Å²) in [4.78, 5) is 32.7. The van der Waals surface area contributed by atoms with Crippen molar-refractivity contribution in [1.29, 1.82) is 5.26 Å². The Labute approximate surface area is 378 Å². The number of hydrogen-bond donors (Lipinski definition) is 3. The first-order chi connectivity index (χ1) is 30.9. The minimum absolute atomic E-state index is 0.00107. The SMILES string of the molecule is C=CCO[C@@H]1[C@H](OP(OCCC#N)N(C(C)C)C(C)C)[C@@H](COC(c2ccccc2)(c2ccc(OC)cc2)c2ccc(OC)cc2)O[C@H]1N1C=NC2C(=O)NC(NC(=O)C(C)C)NC21. The standard InChI is InChI=1S/C47H62N7O9P/c1-10-26-59-41-40(63-64(61-27-14-25-48)54(31(4)5)32(6)7)38(62-45(41)53-29-49-39-42(53)50-46(52-44(39)56)51-43(55)30(2)3)28-60-47(33-15-12-11-13-16-33,34-17-21-36(57-8)22-18-34)35-19-23-37(58-9)24-20-35/h10-13,15-24,29-32,38-42,45-46,50H,1,14,26-28H2,2-9H3,(H,51,55)(H,52,56)/t38-,39?,40-,41-,42?,45-,46?,64?/m1/s1. The first-order valence-electron chi connectivity index (χ1n) is 21.7. The second-order valence-electron chi connectivity index (χ2n) is 16.5. The Morgan fingerprint density at radius 3 is 2.12 bits per heavy atom. The van der Waals surface area contributed by atoms with Gasteiger partial charge in [-0.15, -0.1) is 6.58 Å². The summed E-state index contributed by atoms with van der Waals surface area (Å²) in [5.41, 5.74) is 1.30. The van der Waals surface area contributed by atoms with Gasteiger partial charge in [0.05, 0.1) is 52.9 Å². The van der Waals surface area contributed by atoms with E-state index in [1.807, 2.05) is 78.9 Å². The second-order valence-corrected chi connectivity index (χ2v) is 17.9. The Balaban J connectivity index is 1.46. The summed E-state index contributed by atoms with van der Waals surface area (Å²) < 4.78 is 48.1. The summed E-state index contributed by atoms with van der Waals surface area (Å²) in [6.45, 7) is 16.0. The quantitative estimate of drug-likeness (QED) is 0.0479. The molecule has 3 N–H and O–H groups in total. The van der Waals surface area contributed by atoms with Crippen LogP contribution >= 0.6 is 8.53 Å². The van der Waals surface area contributed by atoms with Crippen LogP contribution in [0.5, 0.6) is 11.5 Å². The van der Waals surface area contributed by atoms with Crippen LogP contribution in [0.4, 0.5) is 0 Å². The monoisotopic (exact) mass is 899 g/mol. The zero-order valence-corrected chi connectivity index (χ0v) is 38.8. The van der Waals surface area contributed by atoms with Crippen LogP contribution in [0.2, 0.25) is 0 Å². The summed E-state index contributed by atoms with van der Waals surface area (Å²) in [5.74, 6) is 0.447. The number of methoxy groups -OCH3 is 2. The second kappa shape index (κ2) is 22.3. The van der Waals surface area contributed by atoms with Crippen molar-refractivity contribution in [3.8, 4) is 17.6 Å². The fourth-order valence-electron chi connectivity index (χ4n) is 8.15. The van der Waals surface area contributed by atoms with Crippen LogP contribution in [-0.2, 0) is 38.4 Å². The van der Waals surface area contributed by atoms with Gasteiger partial charge in [-0.2, -0.15) is 5.26 Å². The molecule has 2 saturated heterocycles. The summed E-state index contributed by atoms with van der Waals surface area (Å²) in [6.07, 6.45) is -1.61. The molecular weight excluding hydrogens is 838 g/mol. The average molecular weight is 900 g/mol. The number of rotatable bonds is 22. The molecule has 0 saturated carbocycles. The van der Waals surface area contributed by atoms with Crippen LogP contribution in [0.3, 0.4) is 0 Å². The lowest BCUT2D eigenvalue weighted by Gasteiger charge is -2.41. The van der Waals surface area contributed by atoms with Crippen LogP contribution in [0.1, 0.15) is 64.7 Å². The number of nitrogens with zero attached hydrogens (tertiary/aromatic N) is 4. The zero-order valence-electron chi connectivity index (χ0n) is 37.9. The molecule has 6 rings (SSSR count). The third-order valence-corrected chi connectivity index (χ3v) is 13.3. The van der Waals surface area contributed by atoms with E-state index in [2.05, 4.69) is 66.0 Å². The van der Waals surface area contributed by atoms with Gasteiger partial charge in [-0.1, -0.05) is 74.5 Å². The topological polar surface area (TPSA) is 177 Å². The summed E-state index contributed by atoms with van der Waals surface area (Å²) >= 11 is 0. The highest BCUT2D eigenvalue weighted by molar-refractivity contribution is 7.44. The predicted molar refractivity (Wildman–Crippen MR) is 243 cm³/mol. The van der Waals surface area contributed by atoms with Crippen molar-refractivity contribution in [3.05, 3.63) is 108 Å². The van der Waals surface area contributed by atoms with Crippen molar-refractivity contribution in [2.24, 2.45) is 10.9 Å². The van der Waals surface area contributed by atoms with Crippen LogP contribution in [0.15, 0.2) is 96.5 Å². The molecule has 2 fully saturated rings.